The van der Waals surface area contributed by atoms with Crippen molar-refractivity contribution >= 4 is 23.3 Å². The van der Waals surface area contributed by atoms with Crippen molar-refractivity contribution in [3.8, 4) is 0 Å². The molecule has 1 N–H and O–H groups in total. The molecule has 0 unspecified atom stereocenters. The van der Waals surface area contributed by atoms with Crippen LogP contribution in [-0.4, -0.2) is 15.9 Å². The van der Waals surface area contributed by atoms with E-state index in [0.29, 0.717) is 10.8 Å². The lowest BCUT2D eigenvalue weighted by molar-refractivity contribution is 0.102. The van der Waals surface area contributed by atoms with E-state index >= 15 is 0 Å². The second kappa shape index (κ2) is 4.32. The number of rotatable bonds is 2. The average Bonchev–Trinajstić information content (AvgIpc) is 2.75. The minimum atomic E-state index is -0.369. The Balaban J connectivity index is 2.18. The van der Waals surface area contributed by atoms with Crippen LogP contribution in [0, 0.1) is 6.92 Å². The second-order valence-corrected chi connectivity index (χ2v) is 3.58. The zero-order valence-electron chi connectivity index (χ0n) is 8.40. The number of aryl methyl sites for hydroxylation is 1. The summed E-state index contributed by atoms with van der Waals surface area (Å²) >= 11 is 5.75. The summed E-state index contributed by atoms with van der Waals surface area (Å²) in [5.74, 6) is 0.0871. The van der Waals surface area contributed by atoms with E-state index in [1.165, 1.54) is 18.9 Å². The van der Waals surface area contributed by atoms with Gasteiger partial charge in [-0.3, -0.25) is 4.79 Å². The molecule has 0 aliphatic heterocycles. The third-order valence-electron chi connectivity index (χ3n) is 1.94. The van der Waals surface area contributed by atoms with E-state index in [0.717, 1.165) is 5.56 Å². The summed E-state index contributed by atoms with van der Waals surface area (Å²) in [6, 6.07) is 1.72. The average molecular weight is 238 g/mol. The number of nitrogens with one attached hydrogen (secondary N) is 1. The van der Waals surface area contributed by atoms with Gasteiger partial charge in [0.15, 0.2) is 12.1 Å². The second-order valence-electron chi connectivity index (χ2n) is 3.15. The number of pyridine rings is 1. The van der Waals surface area contributed by atoms with Crippen LogP contribution in [0.1, 0.15) is 16.1 Å². The molecule has 2 rings (SSSR count). The van der Waals surface area contributed by atoms with Crippen LogP contribution in [0.3, 0.4) is 0 Å². The van der Waals surface area contributed by atoms with E-state index < -0.39 is 0 Å². The Hall–Kier alpha value is -1.88. The highest BCUT2D eigenvalue weighted by Crippen LogP contribution is 2.16. The SMILES string of the molecule is Cc1cc(Cl)cnc1NC(=O)c1cocn1. The maximum atomic E-state index is 11.6. The lowest BCUT2D eigenvalue weighted by Gasteiger charge is -2.05. The zero-order chi connectivity index (χ0) is 11.5. The van der Waals surface area contributed by atoms with Gasteiger partial charge >= 0.3 is 0 Å². The van der Waals surface area contributed by atoms with Crippen LogP contribution in [0.4, 0.5) is 5.82 Å². The van der Waals surface area contributed by atoms with Gasteiger partial charge in [0.2, 0.25) is 0 Å². The standard InChI is InChI=1S/C10H8ClN3O2/c1-6-2-7(11)3-12-9(6)14-10(15)8-4-16-5-13-8/h2-5H,1H3,(H,12,14,15). The van der Waals surface area contributed by atoms with Gasteiger partial charge in [-0.2, -0.15) is 0 Å². The topological polar surface area (TPSA) is 68.0 Å². The Morgan fingerprint density at radius 3 is 2.94 bits per heavy atom. The molecule has 2 aromatic heterocycles. The maximum absolute atomic E-state index is 11.6. The normalized spacial score (nSPS) is 10.1. The fourth-order valence-electron chi connectivity index (χ4n) is 1.17. The van der Waals surface area contributed by atoms with E-state index in [1.807, 2.05) is 0 Å². The molecule has 0 bridgehead atoms. The van der Waals surface area contributed by atoms with Gasteiger partial charge in [-0.15, -0.1) is 0 Å². The summed E-state index contributed by atoms with van der Waals surface area (Å²) in [5.41, 5.74) is 0.987. The van der Waals surface area contributed by atoms with E-state index in [9.17, 15) is 4.79 Å². The molecule has 1 amide bonds. The Labute approximate surface area is 96.5 Å². The summed E-state index contributed by atoms with van der Waals surface area (Å²) < 4.78 is 4.71. The number of oxazole rings is 1. The number of aromatic nitrogens is 2. The van der Waals surface area contributed by atoms with E-state index in [-0.39, 0.29) is 11.6 Å². The monoisotopic (exact) mass is 237 g/mol. The molecule has 2 heterocycles. The first kappa shape index (κ1) is 10.6. The number of halogens is 1. The molecule has 0 radical (unpaired) electrons. The third kappa shape index (κ3) is 2.20. The van der Waals surface area contributed by atoms with Crippen LogP contribution in [0.2, 0.25) is 5.02 Å². The van der Waals surface area contributed by atoms with Crippen LogP contribution in [0.15, 0.2) is 29.3 Å². The van der Waals surface area contributed by atoms with Gasteiger partial charge in [0, 0.05) is 6.20 Å². The first-order valence-corrected chi connectivity index (χ1v) is 4.86. The van der Waals surface area contributed by atoms with Crippen LogP contribution >= 0.6 is 11.6 Å². The lowest BCUT2D eigenvalue weighted by Crippen LogP contribution is -2.14. The molecule has 0 aliphatic carbocycles. The number of carbonyl (C=O) groups is 1. The Kier molecular flexibility index (Phi) is 2.87. The molecule has 82 valence electrons. The van der Waals surface area contributed by atoms with Crippen LogP contribution in [0.5, 0.6) is 0 Å². The quantitative estimate of drug-likeness (QED) is 0.870. The van der Waals surface area contributed by atoms with E-state index in [1.54, 1.807) is 13.0 Å². The van der Waals surface area contributed by atoms with Gasteiger partial charge in [-0.25, -0.2) is 9.97 Å². The Morgan fingerprint density at radius 1 is 1.50 bits per heavy atom. The number of nitrogens with zero attached hydrogens (tertiary/aromatic N) is 2. The molecule has 6 heteroatoms. The van der Waals surface area contributed by atoms with Crippen LogP contribution < -0.4 is 5.32 Å². The van der Waals surface area contributed by atoms with Crippen molar-refractivity contribution in [1.29, 1.82) is 0 Å². The van der Waals surface area contributed by atoms with Gasteiger partial charge in [-0.1, -0.05) is 11.6 Å². The van der Waals surface area contributed by atoms with Crippen molar-refractivity contribution in [3.63, 3.8) is 0 Å². The van der Waals surface area contributed by atoms with Crippen molar-refractivity contribution in [2.24, 2.45) is 0 Å². The van der Waals surface area contributed by atoms with Gasteiger partial charge in [0.05, 0.1) is 5.02 Å². The largest absolute Gasteiger partial charge is 0.451 e. The molecular weight excluding hydrogens is 230 g/mol. The fourth-order valence-corrected chi connectivity index (χ4v) is 1.38. The molecule has 0 atom stereocenters. The summed E-state index contributed by atoms with van der Waals surface area (Å²) in [5, 5.41) is 3.13. The minimum Gasteiger partial charge on any atom is -0.451 e. The molecular formula is C10H8ClN3O2. The van der Waals surface area contributed by atoms with Crippen molar-refractivity contribution in [3.05, 3.63) is 41.2 Å². The predicted molar refractivity (Wildman–Crippen MR) is 58.4 cm³/mol. The molecule has 0 spiro atoms. The number of hydrogen-bond donors (Lipinski definition) is 1. The molecule has 2 aromatic rings. The summed E-state index contributed by atoms with van der Waals surface area (Å²) in [4.78, 5) is 19.3. The summed E-state index contributed by atoms with van der Waals surface area (Å²) in [6.45, 7) is 1.80. The van der Waals surface area contributed by atoms with Gasteiger partial charge in [-0.05, 0) is 18.6 Å². The molecule has 0 aromatic carbocycles. The molecule has 0 saturated carbocycles. The molecule has 5 nitrogen and oxygen atoms in total. The first-order chi connectivity index (χ1) is 7.66. The first-order valence-electron chi connectivity index (χ1n) is 4.48. The molecule has 0 aliphatic rings. The smallest absolute Gasteiger partial charge is 0.278 e. The van der Waals surface area contributed by atoms with Crippen molar-refractivity contribution in [2.75, 3.05) is 5.32 Å². The lowest BCUT2D eigenvalue weighted by atomic mass is 10.3. The Morgan fingerprint density at radius 2 is 2.31 bits per heavy atom. The zero-order valence-corrected chi connectivity index (χ0v) is 9.15. The minimum absolute atomic E-state index is 0.205. The van der Waals surface area contributed by atoms with Crippen molar-refractivity contribution in [2.45, 2.75) is 6.92 Å². The van der Waals surface area contributed by atoms with Gasteiger partial charge in [0.25, 0.3) is 5.91 Å². The third-order valence-corrected chi connectivity index (χ3v) is 2.15. The number of carbonyl (C=O) groups excluding carboxylic acids is 1. The highest BCUT2D eigenvalue weighted by molar-refractivity contribution is 6.30. The van der Waals surface area contributed by atoms with Crippen molar-refractivity contribution in [1.82, 2.24) is 9.97 Å². The van der Waals surface area contributed by atoms with E-state index in [4.69, 9.17) is 16.0 Å². The van der Waals surface area contributed by atoms with Crippen LogP contribution in [-0.2, 0) is 0 Å². The van der Waals surface area contributed by atoms with Crippen molar-refractivity contribution < 1.29 is 9.21 Å². The summed E-state index contributed by atoms with van der Waals surface area (Å²) in [6.07, 6.45) is 3.92. The molecule has 0 saturated heterocycles. The van der Waals surface area contributed by atoms with Gasteiger partial charge in [0.1, 0.15) is 12.1 Å². The predicted octanol–water partition coefficient (Wildman–Crippen LogP) is 2.28. The molecule has 16 heavy (non-hydrogen) atoms. The number of anilines is 1. The molecule has 0 fully saturated rings. The highest BCUT2D eigenvalue weighted by Gasteiger charge is 2.11. The number of hydrogen-bond acceptors (Lipinski definition) is 4. The van der Waals surface area contributed by atoms with Crippen LogP contribution in [0.25, 0.3) is 0 Å². The Bertz CT molecular complexity index is 511. The maximum Gasteiger partial charge on any atom is 0.278 e. The highest BCUT2D eigenvalue weighted by atomic mass is 35.5. The fraction of sp³-hybridized carbons (Fsp3) is 0.100. The summed E-state index contributed by atoms with van der Waals surface area (Å²) in [7, 11) is 0. The van der Waals surface area contributed by atoms with E-state index in [2.05, 4.69) is 15.3 Å². The number of amides is 1. The van der Waals surface area contributed by atoms with Gasteiger partial charge < -0.3 is 9.73 Å².